The Hall–Kier alpha value is -3.99. The van der Waals surface area contributed by atoms with Crippen LogP contribution in [0.2, 0.25) is 0 Å². The average molecular weight is 684 g/mol. The highest BCUT2D eigenvalue weighted by Gasteiger charge is 2.51. The molecule has 4 saturated carbocycles. The van der Waals surface area contributed by atoms with Crippen LogP contribution in [0.5, 0.6) is 0 Å². The van der Waals surface area contributed by atoms with E-state index in [9.17, 15) is 14.7 Å². The van der Waals surface area contributed by atoms with Gasteiger partial charge >= 0.3 is 6.09 Å². The number of aromatic nitrogens is 4. The van der Waals surface area contributed by atoms with Crippen molar-refractivity contribution >= 4 is 23.6 Å². The Kier molecular flexibility index (Phi) is 9.16. The van der Waals surface area contributed by atoms with Gasteiger partial charge in [-0.2, -0.15) is 5.10 Å². The Morgan fingerprint density at radius 1 is 0.920 bits per heavy atom. The van der Waals surface area contributed by atoms with Crippen LogP contribution in [0.15, 0.2) is 49.1 Å². The summed E-state index contributed by atoms with van der Waals surface area (Å²) in [7, 11) is 4.04. The molecule has 1 aliphatic heterocycles. The minimum atomic E-state index is -0.459. The van der Waals surface area contributed by atoms with E-state index in [1.165, 1.54) is 10.5 Å². The molecule has 0 radical (unpaired) electrons. The molecule has 5 fully saturated rings. The molecule has 11 nitrogen and oxygen atoms in total. The molecule has 4 aliphatic carbocycles. The molecular weight excluding hydrogens is 630 g/mol. The normalized spacial score (nSPS) is 26.7. The van der Waals surface area contributed by atoms with Crippen molar-refractivity contribution in [1.82, 2.24) is 24.6 Å². The molecule has 5 aliphatic rings. The lowest BCUT2D eigenvalue weighted by Gasteiger charge is -2.55. The number of β-amino-alcohol motifs (C(OH)–C–C–N with tert-alkyl or cyclic N) is 1. The van der Waals surface area contributed by atoms with Gasteiger partial charge in [0.25, 0.3) is 0 Å². The molecule has 0 spiro atoms. The van der Waals surface area contributed by atoms with Gasteiger partial charge in [-0.05, 0) is 125 Å². The number of carbonyl (C=O) groups is 2. The van der Waals surface area contributed by atoms with Gasteiger partial charge < -0.3 is 19.6 Å². The quantitative estimate of drug-likeness (QED) is 0.300. The van der Waals surface area contributed by atoms with E-state index in [2.05, 4.69) is 56.5 Å². The third kappa shape index (κ3) is 6.85. The van der Waals surface area contributed by atoms with Gasteiger partial charge in [0.2, 0.25) is 5.91 Å². The van der Waals surface area contributed by atoms with Crippen molar-refractivity contribution in [2.45, 2.75) is 108 Å². The van der Waals surface area contributed by atoms with Crippen molar-refractivity contribution in [3.63, 3.8) is 0 Å². The van der Waals surface area contributed by atoms with Crippen LogP contribution < -0.4 is 9.80 Å². The molecule has 4 heterocycles. The topological polar surface area (TPSA) is 117 Å². The van der Waals surface area contributed by atoms with Gasteiger partial charge in [-0.25, -0.2) is 14.8 Å². The van der Waals surface area contributed by atoms with Crippen molar-refractivity contribution < 1.29 is 19.4 Å². The Bertz CT molecular complexity index is 1660. The monoisotopic (exact) mass is 683 g/mol. The molecule has 50 heavy (non-hydrogen) atoms. The molecule has 268 valence electrons. The van der Waals surface area contributed by atoms with E-state index in [1.54, 1.807) is 0 Å². The number of hydrogen-bond donors (Lipinski definition) is 1. The second kappa shape index (κ2) is 13.3. The van der Waals surface area contributed by atoms with E-state index in [0.29, 0.717) is 51.1 Å². The summed E-state index contributed by atoms with van der Waals surface area (Å²) >= 11 is 0. The lowest BCUT2D eigenvalue weighted by molar-refractivity contribution is -0.124. The summed E-state index contributed by atoms with van der Waals surface area (Å²) in [6.07, 6.45) is 16.0. The zero-order valence-electron chi connectivity index (χ0n) is 30.3. The molecule has 0 aromatic carbocycles. The molecule has 1 N–H and O–H groups in total. The van der Waals surface area contributed by atoms with Crippen LogP contribution in [0.3, 0.4) is 0 Å². The standard InChI is InChI=1S/C39H53N7O4/c1-37(2,3)46-23-29(21-42-46)28-12-19-40-34(20-28)45(35(48)27-6-9-32(10-7-27)50-36(49)44-24-31(47)25-44)26-38-13-16-39(17-14-38,18-15-38)30-8-11-33(41-22-30)43(4)5/h8,11-12,19-23,27,31-32,47H,6-7,9-10,13-18,24-26H2,1-5H3/t27-,32-,38?,39?. The first-order valence-corrected chi connectivity index (χ1v) is 18.4. The van der Waals surface area contributed by atoms with Gasteiger partial charge in [0.15, 0.2) is 0 Å². The number of aliphatic hydroxyl groups excluding tert-OH is 1. The summed E-state index contributed by atoms with van der Waals surface area (Å²) < 4.78 is 7.73. The average Bonchev–Trinajstić information content (AvgIpc) is 3.62. The SMILES string of the molecule is CN(C)c1ccc(C23CCC(CN(c4cc(-c5cnn(C(C)(C)C)c5)ccn4)C(=O)[C@H]4CC[C@H](OC(=O)N5CC(O)C5)CC4)(CC2)CC3)cn1. The second-order valence-electron chi connectivity index (χ2n) is 16.7. The van der Waals surface area contributed by atoms with Gasteiger partial charge in [0.05, 0.1) is 30.9 Å². The lowest BCUT2D eigenvalue weighted by Crippen LogP contribution is -2.54. The number of hydrogen-bond acceptors (Lipinski definition) is 8. The number of fused-ring (bicyclic) bond motifs is 3. The molecule has 1 saturated heterocycles. The predicted octanol–water partition coefficient (Wildman–Crippen LogP) is 6.16. The molecule has 0 atom stereocenters. The van der Waals surface area contributed by atoms with Gasteiger partial charge in [0, 0.05) is 50.7 Å². The summed E-state index contributed by atoms with van der Waals surface area (Å²) in [5, 5.41) is 14.2. The first-order chi connectivity index (χ1) is 23.8. The van der Waals surface area contributed by atoms with Crippen LogP contribution in [-0.2, 0) is 20.5 Å². The number of amides is 2. The lowest BCUT2D eigenvalue weighted by atomic mass is 9.52. The van der Waals surface area contributed by atoms with E-state index in [1.807, 2.05) is 47.0 Å². The number of ether oxygens (including phenoxy) is 1. The number of nitrogens with zero attached hydrogens (tertiary/aromatic N) is 7. The zero-order valence-corrected chi connectivity index (χ0v) is 30.3. The van der Waals surface area contributed by atoms with Crippen molar-refractivity contribution in [2.75, 3.05) is 43.5 Å². The van der Waals surface area contributed by atoms with Crippen LogP contribution >= 0.6 is 0 Å². The van der Waals surface area contributed by atoms with E-state index in [4.69, 9.17) is 14.7 Å². The molecule has 3 aromatic heterocycles. The summed E-state index contributed by atoms with van der Waals surface area (Å²) in [5.41, 5.74) is 3.40. The maximum Gasteiger partial charge on any atom is 0.410 e. The molecule has 11 heteroatoms. The van der Waals surface area contributed by atoms with E-state index >= 15 is 0 Å². The Morgan fingerprint density at radius 3 is 2.20 bits per heavy atom. The molecule has 2 amide bonds. The summed E-state index contributed by atoms with van der Waals surface area (Å²) in [4.78, 5) is 42.3. The Balaban J connectivity index is 1.10. The van der Waals surface area contributed by atoms with Crippen LogP contribution in [0.1, 0.15) is 90.5 Å². The predicted molar refractivity (Wildman–Crippen MR) is 193 cm³/mol. The van der Waals surface area contributed by atoms with Gasteiger partial charge in [-0.15, -0.1) is 0 Å². The molecule has 8 rings (SSSR count). The van der Waals surface area contributed by atoms with Gasteiger partial charge in [-0.1, -0.05) is 6.07 Å². The molecular formula is C39H53N7O4. The Labute approximate surface area is 296 Å². The van der Waals surface area contributed by atoms with Crippen LogP contribution in [0, 0.1) is 11.3 Å². The summed E-state index contributed by atoms with van der Waals surface area (Å²) in [6.45, 7) is 7.70. The maximum absolute atomic E-state index is 14.6. The molecule has 3 aromatic rings. The third-order valence-electron chi connectivity index (χ3n) is 12.0. The summed E-state index contributed by atoms with van der Waals surface area (Å²) in [6, 6.07) is 8.46. The van der Waals surface area contributed by atoms with Crippen molar-refractivity contribution in [3.05, 3.63) is 54.6 Å². The van der Waals surface area contributed by atoms with Crippen molar-refractivity contribution in [1.29, 1.82) is 0 Å². The fourth-order valence-corrected chi connectivity index (χ4v) is 8.56. The largest absolute Gasteiger partial charge is 0.446 e. The molecule has 2 bridgehead atoms. The maximum atomic E-state index is 14.6. The fraction of sp³-hybridized carbons (Fsp3) is 0.615. The minimum absolute atomic E-state index is 0.0394. The number of likely N-dealkylation sites (tertiary alicyclic amines) is 1. The number of rotatable bonds is 8. The third-order valence-corrected chi connectivity index (χ3v) is 12.0. The fourth-order valence-electron chi connectivity index (χ4n) is 8.56. The Morgan fingerprint density at radius 2 is 1.62 bits per heavy atom. The van der Waals surface area contributed by atoms with Crippen molar-refractivity contribution in [3.8, 4) is 11.1 Å². The highest BCUT2D eigenvalue weighted by molar-refractivity contribution is 5.95. The molecule has 0 unspecified atom stereocenters. The first-order valence-electron chi connectivity index (χ1n) is 18.4. The zero-order chi connectivity index (χ0) is 35.3. The minimum Gasteiger partial charge on any atom is -0.446 e. The first kappa shape index (κ1) is 34.5. The van der Waals surface area contributed by atoms with Crippen molar-refractivity contribution in [2.24, 2.45) is 11.3 Å². The number of carbonyl (C=O) groups excluding carboxylic acids is 2. The van der Waals surface area contributed by atoms with E-state index in [-0.39, 0.29) is 40.4 Å². The van der Waals surface area contributed by atoms with Gasteiger partial charge in [0.1, 0.15) is 17.7 Å². The highest BCUT2D eigenvalue weighted by atomic mass is 16.6. The van der Waals surface area contributed by atoms with Crippen LogP contribution in [-0.4, -0.2) is 87.7 Å². The van der Waals surface area contributed by atoms with Gasteiger partial charge in [-0.3, -0.25) is 14.4 Å². The number of anilines is 2. The van der Waals surface area contributed by atoms with E-state index < -0.39 is 6.10 Å². The summed E-state index contributed by atoms with van der Waals surface area (Å²) in [5.74, 6) is 1.63. The van der Waals surface area contributed by atoms with Crippen LogP contribution in [0.4, 0.5) is 16.4 Å². The number of aliphatic hydroxyl groups is 1. The highest BCUT2D eigenvalue weighted by Crippen LogP contribution is 2.58. The van der Waals surface area contributed by atoms with E-state index in [0.717, 1.165) is 55.5 Å². The van der Waals surface area contributed by atoms with Crippen LogP contribution in [0.25, 0.3) is 11.1 Å². The second-order valence-corrected chi connectivity index (χ2v) is 16.7. The number of pyridine rings is 2. The smallest absolute Gasteiger partial charge is 0.410 e.